The Balaban J connectivity index is 1.29. The second-order valence-corrected chi connectivity index (χ2v) is 9.38. The molecule has 1 aromatic heterocycles. The second-order valence-electron chi connectivity index (χ2n) is 8.97. The minimum Gasteiger partial charge on any atom is -0.369 e. The fraction of sp³-hybridized carbons (Fsp3) is 0.296. The first-order chi connectivity index (χ1) is 16.5. The van der Waals surface area contributed by atoms with Gasteiger partial charge in [0.2, 0.25) is 0 Å². The molecule has 1 saturated heterocycles. The number of halogens is 1. The number of fused-ring (bicyclic) bond motifs is 1. The normalized spacial score (nSPS) is 19.1. The predicted molar refractivity (Wildman–Crippen MR) is 133 cm³/mol. The second kappa shape index (κ2) is 9.47. The number of pyridine rings is 1. The van der Waals surface area contributed by atoms with E-state index in [-0.39, 0.29) is 23.9 Å². The van der Waals surface area contributed by atoms with Gasteiger partial charge < -0.3 is 15.1 Å². The molecule has 2 aliphatic rings. The van der Waals surface area contributed by atoms with Gasteiger partial charge in [0.15, 0.2) is 0 Å². The van der Waals surface area contributed by atoms with Crippen LogP contribution in [0.1, 0.15) is 50.7 Å². The highest BCUT2D eigenvalue weighted by molar-refractivity contribution is 6.33. The number of carbonyl (C=O) groups excluding carboxylic acids is 2. The van der Waals surface area contributed by atoms with Crippen LogP contribution in [0, 0.1) is 0 Å². The number of aromatic nitrogens is 1. The van der Waals surface area contributed by atoms with E-state index in [0.29, 0.717) is 16.1 Å². The molecule has 2 heterocycles. The molecular formula is C27H27ClN4O2. The summed E-state index contributed by atoms with van der Waals surface area (Å²) >= 11 is 6.20. The Labute approximate surface area is 204 Å². The number of benzene rings is 2. The maximum atomic E-state index is 13.4. The molecule has 0 spiro atoms. The van der Waals surface area contributed by atoms with Crippen LogP contribution in [0.25, 0.3) is 0 Å². The number of amides is 2. The summed E-state index contributed by atoms with van der Waals surface area (Å²) in [6.45, 7) is 1.71. The Hall–Kier alpha value is -3.38. The Morgan fingerprint density at radius 3 is 2.68 bits per heavy atom. The third-order valence-electron chi connectivity index (χ3n) is 6.95. The monoisotopic (exact) mass is 474 g/mol. The molecular weight excluding hydrogens is 448 g/mol. The summed E-state index contributed by atoms with van der Waals surface area (Å²) < 4.78 is 0. The van der Waals surface area contributed by atoms with Crippen molar-refractivity contribution >= 4 is 29.1 Å². The van der Waals surface area contributed by atoms with Crippen molar-refractivity contribution in [2.75, 3.05) is 25.0 Å². The molecule has 0 saturated carbocycles. The molecule has 0 radical (unpaired) electrons. The third-order valence-corrected chi connectivity index (χ3v) is 7.28. The third kappa shape index (κ3) is 4.38. The van der Waals surface area contributed by atoms with E-state index in [9.17, 15) is 9.59 Å². The zero-order valence-corrected chi connectivity index (χ0v) is 19.8. The lowest BCUT2D eigenvalue weighted by Gasteiger charge is -2.26. The van der Waals surface area contributed by atoms with Crippen molar-refractivity contribution in [3.63, 3.8) is 0 Å². The molecule has 5 rings (SSSR count). The summed E-state index contributed by atoms with van der Waals surface area (Å²) in [6.07, 6.45) is 6.19. The molecule has 2 atom stereocenters. The summed E-state index contributed by atoms with van der Waals surface area (Å²) in [7, 11) is 1.88. The first kappa shape index (κ1) is 22.4. The van der Waals surface area contributed by atoms with Gasteiger partial charge in [-0.05, 0) is 66.8 Å². The van der Waals surface area contributed by atoms with Gasteiger partial charge in [-0.15, -0.1) is 0 Å². The summed E-state index contributed by atoms with van der Waals surface area (Å²) in [6, 6.07) is 16.9. The number of nitrogens with one attached hydrogen (secondary N) is 1. The summed E-state index contributed by atoms with van der Waals surface area (Å²) in [5.41, 5.74) is 4.44. The van der Waals surface area contributed by atoms with Crippen molar-refractivity contribution in [1.82, 2.24) is 15.2 Å². The average Bonchev–Trinajstić information content (AvgIpc) is 3.51. The quantitative estimate of drug-likeness (QED) is 0.591. The predicted octanol–water partition coefficient (Wildman–Crippen LogP) is 4.50. The molecule has 174 valence electrons. The standard InChI is InChI=1S/C27H27ClN4O2/c1-31(21-12-15-32(17-21)20-10-13-29-14-11-20)27(34)19-7-6-18-8-9-25(23(18)16-19)30-26(33)22-4-2-3-5-24(22)28/h2-7,10-11,13-14,16,21,25H,8-9,12,15,17H2,1H3,(H,30,33)/t21?,25-/m1/s1. The van der Waals surface area contributed by atoms with Gasteiger partial charge in [0.05, 0.1) is 22.7 Å². The smallest absolute Gasteiger partial charge is 0.253 e. The van der Waals surface area contributed by atoms with Gasteiger partial charge in [-0.25, -0.2) is 0 Å². The fourth-order valence-corrected chi connectivity index (χ4v) is 5.20. The number of aryl methyl sites for hydroxylation is 1. The summed E-state index contributed by atoms with van der Waals surface area (Å²) in [4.78, 5) is 34.4. The molecule has 1 unspecified atom stereocenters. The number of rotatable bonds is 5. The number of carbonyl (C=O) groups is 2. The minimum absolute atomic E-state index is 0.00691. The lowest BCUT2D eigenvalue weighted by Crippen LogP contribution is -2.39. The Kier molecular flexibility index (Phi) is 6.24. The van der Waals surface area contributed by atoms with E-state index < -0.39 is 0 Å². The van der Waals surface area contributed by atoms with E-state index in [4.69, 9.17) is 11.6 Å². The van der Waals surface area contributed by atoms with E-state index >= 15 is 0 Å². The number of hydrogen-bond donors (Lipinski definition) is 1. The maximum absolute atomic E-state index is 13.4. The van der Waals surface area contributed by atoms with Crippen LogP contribution in [0.4, 0.5) is 5.69 Å². The van der Waals surface area contributed by atoms with E-state index in [2.05, 4.69) is 15.2 Å². The number of nitrogens with zero attached hydrogens (tertiary/aromatic N) is 3. The largest absolute Gasteiger partial charge is 0.369 e. The van der Waals surface area contributed by atoms with Crippen LogP contribution in [-0.2, 0) is 6.42 Å². The van der Waals surface area contributed by atoms with Crippen LogP contribution in [0.15, 0.2) is 67.0 Å². The van der Waals surface area contributed by atoms with Crippen molar-refractivity contribution < 1.29 is 9.59 Å². The lowest BCUT2D eigenvalue weighted by atomic mass is 10.0. The number of anilines is 1. The summed E-state index contributed by atoms with van der Waals surface area (Å²) in [5, 5.41) is 3.54. The topological polar surface area (TPSA) is 65.5 Å². The van der Waals surface area contributed by atoms with Crippen LogP contribution >= 0.6 is 11.6 Å². The van der Waals surface area contributed by atoms with E-state index in [0.717, 1.165) is 43.6 Å². The van der Waals surface area contributed by atoms with Crippen LogP contribution in [-0.4, -0.2) is 47.9 Å². The highest BCUT2D eigenvalue weighted by Gasteiger charge is 2.31. The van der Waals surface area contributed by atoms with Gasteiger partial charge in [0, 0.05) is 43.8 Å². The van der Waals surface area contributed by atoms with Crippen molar-refractivity contribution in [1.29, 1.82) is 0 Å². The average molecular weight is 475 g/mol. The van der Waals surface area contributed by atoms with Crippen LogP contribution in [0.3, 0.4) is 0 Å². The van der Waals surface area contributed by atoms with Gasteiger partial charge in [-0.2, -0.15) is 0 Å². The first-order valence-electron chi connectivity index (χ1n) is 11.6. The van der Waals surface area contributed by atoms with Gasteiger partial charge in [0.1, 0.15) is 0 Å². The van der Waals surface area contributed by atoms with E-state index in [1.54, 1.807) is 36.7 Å². The van der Waals surface area contributed by atoms with Gasteiger partial charge in [0.25, 0.3) is 11.8 Å². The van der Waals surface area contributed by atoms with Crippen molar-refractivity contribution in [3.05, 3.63) is 94.3 Å². The zero-order chi connectivity index (χ0) is 23.7. The first-order valence-corrected chi connectivity index (χ1v) is 12.0. The molecule has 7 heteroatoms. The van der Waals surface area contributed by atoms with Crippen molar-refractivity contribution in [3.8, 4) is 0 Å². The van der Waals surface area contributed by atoms with E-state index in [1.807, 2.05) is 42.3 Å². The van der Waals surface area contributed by atoms with Gasteiger partial charge in [-0.1, -0.05) is 29.8 Å². The maximum Gasteiger partial charge on any atom is 0.253 e. The minimum atomic E-state index is -0.195. The van der Waals surface area contributed by atoms with Crippen LogP contribution in [0.5, 0.6) is 0 Å². The molecule has 3 aromatic rings. The van der Waals surface area contributed by atoms with Crippen LogP contribution < -0.4 is 10.2 Å². The van der Waals surface area contributed by atoms with Gasteiger partial charge in [-0.3, -0.25) is 14.6 Å². The highest BCUT2D eigenvalue weighted by Crippen LogP contribution is 2.33. The Morgan fingerprint density at radius 1 is 1.09 bits per heavy atom. The molecule has 1 fully saturated rings. The molecule has 2 amide bonds. The fourth-order valence-electron chi connectivity index (χ4n) is 4.98. The van der Waals surface area contributed by atoms with E-state index in [1.165, 1.54) is 5.56 Å². The zero-order valence-electron chi connectivity index (χ0n) is 19.1. The SMILES string of the molecule is CN(C(=O)c1ccc2c(c1)[C@H](NC(=O)c1ccccc1Cl)CC2)C1CCN(c2ccncc2)C1. The molecule has 6 nitrogen and oxygen atoms in total. The molecule has 1 aliphatic heterocycles. The van der Waals surface area contributed by atoms with Crippen molar-refractivity contribution in [2.24, 2.45) is 0 Å². The summed E-state index contributed by atoms with van der Waals surface area (Å²) in [5.74, 6) is -0.188. The molecule has 1 aliphatic carbocycles. The van der Waals surface area contributed by atoms with Crippen LogP contribution in [0.2, 0.25) is 5.02 Å². The Morgan fingerprint density at radius 2 is 1.88 bits per heavy atom. The molecule has 0 bridgehead atoms. The molecule has 1 N–H and O–H groups in total. The lowest BCUT2D eigenvalue weighted by molar-refractivity contribution is 0.0744. The molecule has 2 aromatic carbocycles. The number of hydrogen-bond acceptors (Lipinski definition) is 4. The van der Waals surface area contributed by atoms with Gasteiger partial charge >= 0.3 is 0 Å². The number of likely N-dealkylation sites (N-methyl/N-ethyl adjacent to an activating group) is 1. The van der Waals surface area contributed by atoms with Crippen molar-refractivity contribution in [2.45, 2.75) is 31.3 Å². The highest BCUT2D eigenvalue weighted by atomic mass is 35.5. The molecule has 34 heavy (non-hydrogen) atoms. The Bertz CT molecular complexity index is 1220.